The summed E-state index contributed by atoms with van der Waals surface area (Å²) in [7, 11) is 0. The summed E-state index contributed by atoms with van der Waals surface area (Å²) in [5.41, 5.74) is 2.35. The minimum Gasteiger partial charge on any atom is -0.342 e. The van der Waals surface area contributed by atoms with Gasteiger partial charge in [0.2, 0.25) is 0 Å². The Morgan fingerprint density at radius 2 is 1.68 bits per heavy atom. The number of nitrogens with one attached hydrogen (secondary N) is 1. The van der Waals surface area contributed by atoms with E-state index in [0.717, 1.165) is 23.3 Å². The average molecular weight is 310 g/mol. The molecule has 3 heteroatoms. The molecule has 2 aromatic carbocycles. The number of anilines is 1. The molecule has 0 saturated heterocycles. The fourth-order valence-electron chi connectivity index (χ4n) is 2.73. The van der Waals surface area contributed by atoms with Crippen LogP contribution in [-0.2, 0) is 6.54 Å². The van der Waals surface area contributed by atoms with Crippen LogP contribution in [0.15, 0.2) is 60.7 Å². The molecule has 2 nitrogen and oxygen atoms in total. The molecule has 1 N–H and O–H groups in total. The van der Waals surface area contributed by atoms with E-state index in [4.69, 9.17) is 12.2 Å². The SMILES string of the molecule is C[C@H](C1CC1)N(Cc1ccccc1)C(=S)Nc1ccccc1. The van der Waals surface area contributed by atoms with Crippen LogP contribution in [0.3, 0.4) is 0 Å². The number of benzene rings is 2. The van der Waals surface area contributed by atoms with Crippen molar-refractivity contribution in [3.05, 3.63) is 66.2 Å². The number of nitrogens with zero attached hydrogens (tertiary/aromatic N) is 1. The van der Waals surface area contributed by atoms with Gasteiger partial charge in [0.15, 0.2) is 5.11 Å². The topological polar surface area (TPSA) is 15.3 Å². The van der Waals surface area contributed by atoms with E-state index in [0.29, 0.717) is 6.04 Å². The van der Waals surface area contributed by atoms with Gasteiger partial charge in [-0.25, -0.2) is 0 Å². The van der Waals surface area contributed by atoms with Crippen molar-refractivity contribution in [2.45, 2.75) is 32.4 Å². The molecular weight excluding hydrogens is 288 g/mol. The lowest BCUT2D eigenvalue weighted by molar-refractivity contribution is 0.298. The van der Waals surface area contributed by atoms with E-state index in [2.05, 4.69) is 59.6 Å². The first-order chi connectivity index (χ1) is 10.7. The van der Waals surface area contributed by atoms with Crippen LogP contribution in [0.5, 0.6) is 0 Å². The van der Waals surface area contributed by atoms with Gasteiger partial charge in [0, 0.05) is 18.3 Å². The lowest BCUT2D eigenvalue weighted by Gasteiger charge is -2.32. The molecule has 0 unspecified atom stereocenters. The van der Waals surface area contributed by atoms with Crippen molar-refractivity contribution in [2.75, 3.05) is 5.32 Å². The van der Waals surface area contributed by atoms with Gasteiger partial charge < -0.3 is 10.2 Å². The summed E-state index contributed by atoms with van der Waals surface area (Å²) >= 11 is 5.69. The molecule has 0 amide bonds. The van der Waals surface area contributed by atoms with Gasteiger partial charge in [0.25, 0.3) is 0 Å². The summed E-state index contributed by atoms with van der Waals surface area (Å²) in [6.07, 6.45) is 2.64. The van der Waals surface area contributed by atoms with E-state index in [1.54, 1.807) is 0 Å². The first kappa shape index (κ1) is 15.0. The molecule has 114 valence electrons. The maximum atomic E-state index is 5.69. The van der Waals surface area contributed by atoms with Crippen LogP contribution in [0, 0.1) is 5.92 Å². The minimum atomic E-state index is 0.476. The summed E-state index contributed by atoms with van der Waals surface area (Å²) in [6.45, 7) is 3.15. The zero-order valence-electron chi connectivity index (χ0n) is 12.9. The van der Waals surface area contributed by atoms with Gasteiger partial charge in [-0.2, -0.15) is 0 Å². The Morgan fingerprint density at radius 3 is 2.27 bits per heavy atom. The minimum absolute atomic E-state index is 0.476. The lowest BCUT2D eigenvalue weighted by atomic mass is 10.1. The Labute approximate surface area is 138 Å². The van der Waals surface area contributed by atoms with Gasteiger partial charge >= 0.3 is 0 Å². The highest BCUT2D eigenvalue weighted by molar-refractivity contribution is 7.80. The molecule has 1 fully saturated rings. The molecule has 0 aromatic heterocycles. The quantitative estimate of drug-likeness (QED) is 0.807. The highest BCUT2D eigenvalue weighted by Crippen LogP contribution is 2.36. The lowest BCUT2D eigenvalue weighted by Crippen LogP contribution is -2.41. The zero-order chi connectivity index (χ0) is 15.4. The van der Waals surface area contributed by atoms with E-state index < -0.39 is 0 Å². The first-order valence-corrected chi connectivity index (χ1v) is 8.31. The smallest absolute Gasteiger partial charge is 0.173 e. The van der Waals surface area contributed by atoms with Crippen molar-refractivity contribution in [3.8, 4) is 0 Å². The van der Waals surface area contributed by atoms with Crippen molar-refractivity contribution < 1.29 is 0 Å². The van der Waals surface area contributed by atoms with Gasteiger partial charge in [-0.15, -0.1) is 0 Å². The Kier molecular flexibility index (Phi) is 4.74. The number of rotatable bonds is 5. The molecule has 3 rings (SSSR count). The Hall–Kier alpha value is -1.87. The Morgan fingerprint density at radius 1 is 1.09 bits per heavy atom. The third-order valence-electron chi connectivity index (χ3n) is 4.28. The molecule has 0 bridgehead atoms. The van der Waals surface area contributed by atoms with Crippen molar-refractivity contribution in [1.29, 1.82) is 0 Å². The van der Waals surface area contributed by atoms with Crippen molar-refractivity contribution in [3.63, 3.8) is 0 Å². The number of thiocarbonyl (C=S) groups is 1. The average Bonchev–Trinajstić information content (AvgIpc) is 3.39. The second-order valence-electron chi connectivity index (χ2n) is 5.99. The maximum absolute atomic E-state index is 5.69. The summed E-state index contributed by atoms with van der Waals surface area (Å²) in [4.78, 5) is 2.33. The van der Waals surface area contributed by atoms with Crippen LogP contribution >= 0.6 is 12.2 Å². The molecule has 1 saturated carbocycles. The van der Waals surface area contributed by atoms with Gasteiger partial charge in [0.1, 0.15) is 0 Å². The Balaban J connectivity index is 1.74. The molecule has 22 heavy (non-hydrogen) atoms. The van der Waals surface area contributed by atoms with Gasteiger partial charge in [0.05, 0.1) is 0 Å². The second kappa shape index (κ2) is 6.93. The molecule has 1 aliphatic carbocycles. The third-order valence-corrected chi connectivity index (χ3v) is 4.61. The fraction of sp³-hybridized carbons (Fsp3) is 0.316. The second-order valence-corrected chi connectivity index (χ2v) is 6.37. The van der Waals surface area contributed by atoms with Crippen molar-refractivity contribution in [2.24, 2.45) is 5.92 Å². The predicted molar refractivity (Wildman–Crippen MR) is 96.8 cm³/mol. The molecule has 2 aromatic rings. The molecule has 0 radical (unpaired) electrons. The van der Waals surface area contributed by atoms with Gasteiger partial charge in [-0.3, -0.25) is 0 Å². The van der Waals surface area contributed by atoms with E-state index in [-0.39, 0.29) is 0 Å². The number of hydrogen-bond acceptors (Lipinski definition) is 1. The van der Waals surface area contributed by atoms with E-state index >= 15 is 0 Å². The summed E-state index contributed by atoms with van der Waals surface area (Å²) in [5.74, 6) is 0.777. The van der Waals surface area contributed by atoms with Crippen LogP contribution in [0.4, 0.5) is 5.69 Å². The zero-order valence-corrected chi connectivity index (χ0v) is 13.7. The highest BCUT2D eigenvalue weighted by atomic mass is 32.1. The maximum Gasteiger partial charge on any atom is 0.173 e. The predicted octanol–water partition coefficient (Wildman–Crippen LogP) is 4.68. The molecule has 0 spiro atoms. The summed E-state index contributed by atoms with van der Waals surface area (Å²) < 4.78 is 0. The van der Waals surface area contributed by atoms with Crippen LogP contribution in [0.25, 0.3) is 0 Å². The van der Waals surface area contributed by atoms with Crippen LogP contribution in [-0.4, -0.2) is 16.1 Å². The normalized spacial score (nSPS) is 15.1. The van der Waals surface area contributed by atoms with Gasteiger partial charge in [-0.1, -0.05) is 48.5 Å². The summed E-state index contributed by atoms with van der Waals surface area (Å²) in [6, 6.07) is 21.2. The number of hydrogen-bond donors (Lipinski definition) is 1. The van der Waals surface area contributed by atoms with Gasteiger partial charge in [-0.05, 0) is 55.6 Å². The van der Waals surface area contributed by atoms with E-state index in [9.17, 15) is 0 Å². The highest BCUT2D eigenvalue weighted by Gasteiger charge is 2.33. The van der Waals surface area contributed by atoms with Crippen LogP contribution < -0.4 is 5.32 Å². The van der Waals surface area contributed by atoms with Crippen molar-refractivity contribution in [1.82, 2.24) is 4.90 Å². The molecular formula is C19H22N2S. The molecule has 0 heterocycles. The van der Waals surface area contributed by atoms with Crippen LogP contribution in [0.2, 0.25) is 0 Å². The largest absolute Gasteiger partial charge is 0.342 e. The first-order valence-electron chi connectivity index (χ1n) is 7.90. The standard InChI is InChI=1S/C19H22N2S/c1-15(17-12-13-17)21(14-16-8-4-2-5-9-16)19(22)20-18-10-6-3-7-11-18/h2-11,15,17H,12-14H2,1H3,(H,20,22)/t15-/m1/s1. The fourth-order valence-corrected chi connectivity index (χ4v) is 3.08. The molecule has 1 aliphatic rings. The van der Waals surface area contributed by atoms with Crippen molar-refractivity contribution >= 4 is 23.0 Å². The van der Waals surface area contributed by atoms with E-state index in [1.807, 2.05) is 18.2 Å². The monoisotopic (exact) mass is 310 g/mol. The third kappa shape index (κ3) is 3.86. The summed E-state index contributed by atoms with van der Waals surface area (Å²) in [5, 5.41) is 4.20. The number of para-hydroxylation sites is 1. The van der Waals surface area contributed by atoms with E-state index in [1.165, 1.54) is 18.4 Å². The Bertz CT molecular complexity index is 608. The molecule has 1 atom stereocenters. The molecule has 0 aliphatic heterocycles. The van der Waals surface area contributed by atoms with Crippen LogP contribution in [0.1, 0.15) is 25.3 Å².